The van der Waals surface area contributed by atoms with Gasteiger partial charge < -0.3 is 5.11 Å². The molecule has 0 atom stereocenters. The Morgan fingerprint density at radius 1 is 1.05 bits per heavy atom. The van der Waals surface area contributed by atoms with Crippen molar-refractivity contribution in [1.29, 1.82) is 0 Å². The summed E-state index contributed by atoms with van der Waals surface area (Å²) in [5.41, 5.74) is -0.261. The number of piperidine rings is 1. The van der Waals surface area contributed by atoms with Crippen molar-refractivity contribution >= 4 is 10.0 Å². The summed E-state index contributed by atoms with van der Waals surface area (Å²) < 4.78 is 26.6. The van der Waals surface area contributed by atoms with E-state index in [-0.39, 0.29) is 0 Å². The van der Waals surface area contributed by atoms with Gasteiger partial charge in [0.25, 0.3) is 0 Å². The second-order valence-corrected chi connectivity index (χ2v) is 7.43. The lowest BCUT2D eigenvalue weighted by Gasteiger charge is -2.37. The smallest absolute Gasteiger partial charge is 0.243 e. The van der Waals surface area contributed by atoms with Crippen molar-refractivity contribution in [3.63, 3.8) is 0 Å². The van der Waals surface area contributed by atoms with Crippen molar-refractivity contribution in [2.45, 2.75) is 23.3 Å². The third-order valence-electron chi connectivity index (χ3n) is 4.13. The van der Waals surface area contributed by atoms with Crippen LogP contribution in [0.2, 0.25) is 0 Å². The van der Waals surface area contributed by atoms with Gasteiger partial charge in [-0.3, -0.25) is 4.98 Å². The van der Waals surface area contributed by atoms with Gasteiger partial charge in [0.1, 0.15) is 0 Å². The van der Waals surface area contributed by atoms with Gasteiger partial charge in [-0.05, 0) is 31.0 Å². The average Bonchev–Trinajstić information content (AvgIpc) is 2.57. The molecule has 0 spiro atoms. The van der Waals surface area contributed by atoms with Crippen LogP contribution in [0.15, 0.2) is 59.8 Å². The number of aromatic nitrogens is 1. The molecular weight excluding hydrogens is 300 g/mol. The maximum absolute atomic E-state index is 12.6. The molecule has 116 valence electrons. The van der Waals surface area contributed by atoms with Gasteiger partial charge in [0.2, 0.25) is 10.0 Å². The maximum atomic E-state index is 12.6. The molecule has 0 radical (unpaired) electrons. The second-order valence-electron chi connectivity index (χ2n) is 5.49. The van der Waals surface area contributed by atoms with Crippen LogP contribution in [-0.4, -0.2) is 35.9 Å². The van der Waals surface area contributed by atoms with Crippen molar-refractivity contribution in [3.05, 3.63) is 60.4 Å². The van der Waals surface area contributed by atoms with Crippen molar-refractivity contribution < 1.29 is 13.5 Å². The highest BCUT2D eigenvalue weighted by molar-refractivity contribution is 7.89. The summed E-state index contributed by atoms with van der Waals surface area (Å²) in [4.78, 5) is 4.32. The topological polar surface area (TPSA) is 70.5 Å². The summed E-state index contributed by atoms with van der Waals surface area (Å²) in [6.45, 7) is 0.589. The van der Waals surface area contributed by atoms with Crippen LogP contribution in [0.3, 0.4) is 0 Å². The summed E-state index contributed by atoms with van der Waals surface area (Å²) in [6, 6.07) is 12.0. The SMILES string of the molecule is O=S(=O)(c1ccccc1)N1CCC(O)(c2cccnc2)CC1. The molecule has 1 N–H and O–H groups in total. The van der Waals surface area contributed by atoms with E-state index in [1.54, 1.807) is 48.8 Å². The Balaban J connectivity index is 1.77. The molecular formula is C16H18N2O3S. The minimum absolute atomic E-state index is 0.293. The fourth-order valence-electron chi connectivity index (χ4n) is 2.76. The van der Waals surface area contributed by atoms with E-state index in [4.69, 9.17) is 0 Å². The van der Waals surface area contributed by atoms with Gasteiger partial charge in [0, 0.05) is 31.0 Å². The van der Waals surface area contributed by atoms with E-state index in [9.17, 15) is 13.5 Å². The number of hydrogen-bond donors (Lipinski definition) is 1. The van der Waals surface area contributed by atoms with Crippen LogP contribution in [0, 0.1) is 0 Å². The molecule has 0 aliphatic carbocycles. The standard InChI is InChI=1S/C16H18N2O3S/c19-16(14-5-4-10-17-13-14)8-11-18(12-9-16)22(20,21)15-6-2-1-3-7-15/h1-7,10,13,19H,8-9,11-12H2. The van der Waals surface area contributed by atoms with Crippen molar-refractivity contribution in [2.24, 2.45) is 0 Å². The molecule has 1 fully saturated rings. The molecule has 0 saturated carbocycles. The summed E-state index contributed by atoms with van der Waals surface area (Å²) in [5, 5.41) is 10.7. The van der Waals surface area contributed by atoms with Gasteiger partial charge in [0.05, 0.1) is 10.5 Å². The first kappa shape index (κ1) is 15.1. The first-order chi connectivity index (χ1) is 10.5. The lowest BCUT2D eigenvalue weighted by Crippen LogP contribution is -2.45. The molecule has 1 aliphatic heterocycles. The third-order valence-corrected chi connectivity index (χ3v) is 6.04. The molecule has 1 aliphatic rings. The zero-order valence-corrected chi connectivity index (χ0v) is 12.9. The van der Waals surface area contributed by atoms with E-state index in [2.05, 4.69) is 4.98 Å². The number of nitrogens with zero attached hydrogens (tertiary/aromatic N) is 2. The van der Waals surface area contributed by atoms with Crippen LogP contribution in [0.1, 0.15) is 18.4 Å². The molecule has 2 aromatic rings. The van der Waals surface area contributed by atoms with Crippen molar-refractivity contribution in [2.75, 3.05) is 13.1 Å². The summed E-state index contributed by atoms with van der Waals surface area (Å²) >= 11 is 0. The van der Waals surface area contributed by atoms with Crippen LogP contribution in [0.25, 0.3) is 0 Å². The van der Waals surface area contributed by atoms with E-state index < -0.39 is 15.6 Å². The summed E-state index contributed by atoms with van der Waals surface area (Å²) in [6.07, 6.45) is 4.03. The monoisotopic (exact) mass is 318 g/mol. The van der Waals surface area contributed by atoms with Crippen LogP contribution < -0.4 is 0 Å². The minimum Gasteiger partial charge on any atom is -0.385 e. The van der Waals surface area contributed by atoms with Gasteiger partial charge in [-0.2, -0.15) is 4.31 Å². The first-order valence-corrected chi connectivity index (χ1v) is 8.64. The Morgan fingerprint density at radius 2 is 1.73 bits per heavy atom. The normalized spacial score (nSPS) is 19.0. The molecule has 0 amide bonds. The molecule has 6 heteroatoms. The Morgan fingerprint density at radius 3 is 2.32 bits per heavy atom. The Labute approximate surface area is 130 Å². The highest BCUT2D eigenvalue weighted by Crippen LogP contribution is 2.34. The van der Waals surface area contributed by atoms with E-state index >= 15 is 0 Å². The lowest BCUT2D eigenvalue weighted by atomic mass is 9.86. The fourth-order valence-corrected chi connectivity index (χ4v) is 4.23. The largest absolute Gasteiger partial charge is 0.385 e. The zero-order chi connectivity index (χ0) is 15.6. The number of benzene rings is 1. The molecule has 0 bridgehead atoms. The third kappa shape index (κ3) is 2.77. The molecule has 2 heterocycles. The maximum Gasteiger partial charge on any atom is 0.243 e. The number of pyridine rings is 1. The molecule has 5 nitrogen and oxygen atoms in total. The highest BCUT2D eigenvalue weighted by atomic mass is 32.2. The van der Waals surface area contributed by atoms with Crippen LogP contribution >= 0.6 is 0 Å². The molecule has 0 unspecified atom stereocenters. The van der Waals surface area contributed by atoms with Gasteiger partial charge in [-0.15, -0.1) is 0 Å². The average molecular weight is 318 g/mol. The quantitative estimate of drug-likeness (QED) is 0.936. The molecule has 1 aromatic heterocycles. The van der Waals surface area contributed by atoms with Gasteiger partial charge in [0.15, 0.2) is 0 Å². The van der Waals surface area contributed by atoms with Crippen LogP contribution in [0.4, 0.5) is 0 Å². The predicted octanol–water partition coefficient (Wildman–Crippen LogP) is 1.75. The van der Waals surface area contributed by atoms with E-state index in [0.717, 1.165) is 5.56 Å². The van der Waals surface area contributed by atoms with Gasteiger partial charge in [-0.1, -0.05) is 24.3 Å². The number of sulfonamides is 1. The highest BCUT2D eigenvalue weighted by Gasteiger charge is 2.38. The fraction of sp³-hybridized carbons (Fsp3) is 0.312. The van der Waals surface area contributed by atoms with Crippen molar-refractivity contribution in [3.8, 4) is 0 Å². The van der Waals surface area contributed by atoms with Crippen molar-refractivity contribution in [1.82, 2.24) is 9.29 Å². The van der Waals surface area contributed by atoms with E-state index in [0.29, 0.717) is 30.8 Å². The molecule has 1 saturated heterocycles. The first-order valence-electron chi connectivity index (χ1n) is 7.20. The molecule has 22 heavy (non-hydrogen) atoms. The Bertz CT molecular complexity index is 725. The number of hydrogen-bond acceptors (Lipinski definition) is 4. The molecule has 3 rings (SSSR count). The second kappa shape index (κ2) is 5.79. The Kier molecular flexibility index (Phi) is 3.99. The Hall–Kier alpha value is -1.76. The zero-order valence-electron chi connectivity index (χ0n) is 12.1. The van der Waals surface area contributed by atoms with Crippen LogP contribution in [0.5, 0.6) is 0 Å². The van der Waals surface area contributed by atoms with E-state index in [1.165, 1.54) is 4.31 Å². The predicted molar refractivity (Wildman–Crippen MR) is 82.6 cm³/mol. The van der Waals surface area contributed by atoms with Crippen LogP contribution in [-0.2, 0) is 15.6 Å². The summed E-state index contributed by atoms with van der Waals surface area (Å²) in [5.74, 6) is 0. The number of aliphatic hydroxyl groups is 1. The number of rotatable bonds is 3. The lowest BCUT2D eigenvalue weighted by molar-refractivity contribution is -0.00989. The van der Waals surface area contributed by atoms with E-state index in [1.807, 2.05) is 6.07 Å². The molecule has 1 aromatic carbocycles. The van der Waals surface area contributed by atoms with Gasteiger partial charge in [-0.25, -0.2) is 8.42 Å². The van der Waals surface area contributed by atoms with Gasteiger partial charge >= 0.3 is 0 Å². The minimum atomic E-state index is -3.49. The summed E-state index contributed by atoms with van der Waals surface area (Å²) in [7, 11) is -3.49.